The Labute approximate surface area is 143 Å². The van der Waals surface area contributed by atoms with Crippen LogP contribution in [0.4, 0.5) is 4.79 Å². The lowest BCUT2D eigenvalue weighted by molar-refractivity contribution is -0.157. The van der Waals surface area contributed by atoms with Crippen molar-refractivity contribution in [1.29, 1.82) is 0 Å². The fourth-order valence-corrected chi connectivity index (χ4v) is 2.48. The van der Waals surface area contributed by atoms with Crippen LogP contribution in [0.1, 0.15) is 54.4 Å². The molecule has 1 unspecified atom stereocenters. The highest BCUT2D eigenvalue weighted by Crippen LogP contribution is 2.14. The number of carbonyl (C=O) groups excluding carboxylic acids is 2. The third kappa shape index (κ3) is 13.2. The smallest absolute Gasteiger partial charge is 0.408 e. The minimum absolute atomic E-state index is 0.151. The fraction of sp³-hybridized carbons (Fsp3) is 0.875. The lowest BCUT2D eigenvalue weighted by Gasteiger charge is -2.26. The van der Waals surface area contributed by atoms with Crippen molar-refractivity contribution in [1.82, 2.24) is 5.32 Å². The van der Waals surface area contributed by atoms with E-state index >= 15 is 0 Å². The summed E-state index contributed by atoms with van der Waals surface area (Å²) in [5.74, 6) is 1.02. The van der Waals surface area contributed by atoms with E-state index in [0.717, 1.165) is 5.75 Å². The van der Waals surface area contributed by atoms with Crippen molar-refractivity contribution in [3.63, 3.8) is 0 Å². The molecule has 0 fully saturated rings. The van der Waals surface area contributed by atoms with Crippen LogP contribution in [0, 0.1) is 0 Å². The normalized spacial score (nSPS) is 13.3. The molecule has 0 saturated carbocycles. The van der Waals surface area contributed by atoms with Gasteiger partial charge < -0.3 is 19.9 Å². The molecule has 1 atom stereocenters. The summed E-state index contributed by atoms with van der Waals surface area (Å²) < 4.78 is 10.5. The van der Waals surface area contributed by atoms with Crippen molar-refractivity contribution in [2.75, 3.05) is 18.1 Å². The molecule has 0 bridgehead atoms. The number of aliphatic hydroxyl groups excluding tert-OH is 1. The van der Waals surface area contributed by atoms with E-state index in [1.165, 1.54) is 0 Å². The summed E-state index contributed by atoms with van der Waals surface area (Å²) in [6.45, 7) is 10.8. The molecule has 136 valence electrons. The Morgan fingerprint density at radius 1 is 1.04 bits per heavy atom. The summed E-state index contributed by atoms with van der Waals surface area (Å²) in [4.78, 5) is 24.1. The summed E-state index contributed by atoms with van der Waals surface area (Å²) in [5, 5.41) is 11.3. The van der Waals surface area contributed by atoms with Crippen LogP contribution in [0.25, 0.3) is 0 Å². The second-order valence-corrected chi connectivity index (χ2v) is 8.44. The van der Waals surface area contributed by atoms with Gasteiger partial charge in [0, 0.05) is 6.61 Å². The molecule has 0 aromatic carbocycles. The number of nitrogens with one attached hydrogen (secondary N) is 1. The van der Waals surface area contributed by atoms with Crippen molar-refractivity contribution < 1.29 is 24.2 Å². The Balaban J connectivity index is 4.60. The molecular formula is C16H31NO5S. The predicted molar refractivity (Wildman–Crippen MR) is 92.6 cm³/mol. The molecule has 0 aromatic rings. The molecule has 0 saturated heterocycles. The lowest BCUT2D eigenvalue weighted by Crippen LogP contribution is -2.46. The predicted octanol–water partition coefficient (Wildman–Crippen LogP) is 2.73. The average Bonchev–Trinajstić information content (AvgIpc) is 2.32. The molecule has 1 amide bonds. The quantitative estimate of drug-likeness (QED) is 0.518. The minimum atomic E-state index is -0.745. The van der Waals surface area contributed by atoms with Crippen molar-refractivity contribution in [3.8, 4) is 0 Å². The molecule has 2 N–H and O–H groups in total. The molecule has 23 heavy (non-hydrogen) atoms. The van der Waals surface area contributed by atoms with Crippen LogP contribution in [0.2, 0.25) is 0 Å². The highest BCUT2D eigenvalue weighted by atomic mass is 32.2. The molecule has 7 heteroatoms. The SMILES string of the molecule is CC(C)(C)OC(=O)NC(CCSCCCO)C(=O)OC(C)(C)C. The van der Waals surface area contributed by atoms with E-state index in [4.69, 9.17) is 14.6 Å². The molecule has 0 aliphatic carbocycles. The van der Waals surface area contributed by atoms with Gasteiger partial charge in [-0.15, -0.1) is 0 Å². The number of amides is 1. The zero-order valence-corrected chi connectivity index (χ0v) is 15.9. The fourth-order valence-electron chi connectivity index (χ4n) is 1.54. The molecule has 0 aliphatic heterocycles. The average molecular weight is 349 g/mol. The number of hydrogen-bond donors (Lipinski definition) is 2. The molecule has 0 radical (unpaired) electrons. The standard InChI is InChI=1S/C16H31NO5S/c1-15(2,3)21-13(19)12(8-11-23-10-7-9-18)17-14(20)22-16(4,5)6/h12,18H,7-11H2,1-6H3,(H,17,20). The summed E-state index contributed by atoms with van der Waals surface area (Å²) in [6, 6.07) is -0.745. The number of aliphatic hydroxyl groups is 1. The van der Waals surface area contributed by atoms with Crippen molar-refractivity contribution in [2.24, 2.45) is 0 Å². The van der Waals surface area contributed by atoms with Crippen LogP contribution < -0.4 is 5.32 Å². The van der Waals surface area contributed by atoms with Gasteiger partial charge in [0.2, 0.25) is 0 Å². The molecule has 0 aromatic heterocycles. The largest absolute Gasteiger partial charge is 0.458 e. The van der Waals surface area contributed by atoms with Crippen LogP contribution in [0.15, 0.2) is 0 Å². The first kappa shape index (κ1) is 22.1. The maximum Gasteiger partial charge on any atom is 0.408 e. The van der Waals surface area contributed by atoms with Crippen molar-refractivity contribution in [3.05, 3.63) is 0 Å². The van der Waals surface area contributed by atoms with Gasteiger partial charge in [-0.2, -0.15) is 11.8 Å². The number of thioether (sulfide) groups is 1. The highest BCUT2D eigenvalue weighted by Gasteiger charge is 2.28. The molecule has 0 aliphatic rings. The van der Waals surface area contributed by atoms with Gasteiger partial charge >= 0.3 is 12.1 Å². The van der Waals surface area contributed by atoms with Crippen LogP contribution in [0.5, 0.6) is 0 Å². The minimum Gasteiger partial charge on any atom is -0.458 e. The summed E-state index contributed by atoms with van der Waals surface area (Å²) in [7, 11) is 0. The first-order valence-electron chi connectivity index (χ1n) is 7.85. The molecule has 6 nitrogen and oxygen atoms in total. The number of rotatable bonds is 8. The zero-order valence-electron chi connectivity index (χ0n) is 15.1. The van der Waals surface area contributed by atoms with Gasteiger partial charge in [0.05, 0.1) is 0 Å². The van der Waals surface area contributed by atoms with Crippen molar-refractivity contribution >= 4 is 23.8 Å². The maximum absolute atomic E-state index is 12.2. The number of ether oxygens (including phenoxy) is 2. The van der Waals surface area contributed by atoms with E-state index in [1.54, 1.807) is 53.3 Å². The van der Waals surface area contributed by atoms with E-state index in [0.29, 0.717) is 18.6 Å². The third-order valence-corrected chi connectivity index (χ3v) is 3.48. The summed E-state index contributed by atoms with van der Waals surface area (Å²) in [6.07, 6.45) is 0.527. The van der Waals surface area contributed by atoms with Crippen molar-refractivity contribution in [2.45, 2.75) is 71.6 Å². The topological polar surface area (TPSA) is 84.9 Å². The van der Waals surface area contributed by atoms with Crippen LogP contribution in [-0.2, 0) is 14.3 Å². The molecule has 0 rings (SSSR count). The van der Waals surface area contributed by atoms with Gasteiger partial charge in [-0.3, -0.25) is 0 Å². The first-order valence-corrected chi connectivity index (χ1v) is 9.01. The number of alkyl carbamates (subject to hydrolysis) is 1. The van der Waals surface area contributed by atoms with Gasteiger partial charge in [-0.1, -0.05) is 0 Å². The second-order valence-electron chi connectivity index (χ2n) is 7.21. The van der Waals surface area contributed by atoms with Crippen LogP contribution in [0.3, 0.4) is 0 Å². The monoisotopic (exact) mass is 349 g/mol. The Hall–Kier alpha value is -0.950. The lowest BCUT2D eigenvalue weighted by atomic mass is 10.1. The molecule has 0 spiro atoms. The first-order chi connectivity index (χ1) is 10.4. The van der Waals surface area contributed by atoms with E-state index < -0.39 is 29.3 Å². The number of esters is 1. The number of carbonyl (C=O) groups is 2. The Morgan fingerprint density at radius 2 is 1.61 bits per heavy atom. The second kappa shape index (κ2) is 10.0. The molecular weight excluding hydrogens is 318 g/mol. The van der Waals surface area contributed by atoms with Crippen LogP contribution in [-0.4, -0.2) is 52.5 Å². The van der Waals surface area contributed by atoms with Gasteiger partial charge in [-0.05, 0) is 65.9 Å². The third-order valence-electron chi connectivity index (χ3n) is 2.38. The van der Waals surface area contributed by atoms with Gasteiger partial charge in [-0.25, -0.2) is 9.59 Å². The highest BCUT2D eigenvalue weighted by molar-refractivity contribution is 7.99. The number of hydrogen-bond acceptors (Lipinski definition) is 6. The Kier molecular flexibility index (Phi) is 9.61. The van der Waals surface area contributed by atoms with Gasteiger partial charge in [0.25, 0.3) is 0 Å². The van der Waals surface area contributed by atoms with Gasteiger partial charge in [0.15, 0.2) is 0 Å². The van der Waals surface area contributed by atoms with E-state index in [1.807, 2.05) is 0 Å². The Bertz CT molecular complexity index is 374. The van der Waals surface area contributed by atoms with E-state index in [2.05, 4.69) is 5.32 Å². The van der Waals surface area contributed by atoms with Crippen LogP contribution >= 0.6 is 11.8 Å². The Morgan fingerprint density at radius 3 is 2.09 bits per heavy atom. The zero-order chi connectivity index (χ0) is 18.1. The maximum atomic E-state index is 12.2. The summed E-state index contributed by atoms with van der Waals surface area (Å²) >= 11 is 1.62. The van der Waals surface area contributed by atoms with Gasteiger partial charge in [0.1, 0.15) is 17.2 Å². The van der Waals surface area contributed by atoms with E-state index in [9.17, 15) is 9.59 Å². The summed E-state index contributed by atoms with van der Waals surface area (Å²) in [5.41, 5.74) is -1.24. The molecule has 0 heterocycles. The van der Waals surface area contributed by atoms with E-state index in [-0.39, 0.29) is 6.61 Å².